The van der Waals surface area contributed by atoms with E-state index in [1.165, 1.54) is 6.42 Å². The number of carbonyl (C=O) groups excluding carboxylic acids is 2. The van der Waals surface area contributed by atoms with Gasteiger partial charge in [0.2, 0.25) is 5.91 Å². The Labute approximate surface area is 216 Å². The molecule has 3 amide bonds. The summed E-state index contributed by atoms with van der Waals surface area (Å²) in [6.07, 6.45) is 8.28. The summed E-state index contributed by atoms with van der Waals surface area (Å²) in [5.41, 5.74) is 5.27. The molecule has 2 heterocycles. The maximum Gasteiger partial charge on any atom is 0.320 e. The number of urea groups is 1. The molecular weight excluding hydrogens is 454 g/mol. The fourth-order valence-corrected chi connectivity index (χ4v) is 7.05. The van der Waals surface area contributed by atoms with Crippen LogP contribution in [0.3, 0.4) is 0 Å². The van der Waals surface area contributed by atoms with Crippen LogP contribution in [-0.4, -0.2) is 64.2 Å². The Kier molecular flexibility index (Phi) is 8.30. The molecule has 7 nitrogen and oxygen atoms in total. The molecule has 4 aliphatic rings. The van der Waals surface area contributed by atoms with Gasteiger partial charge in [0.05, 0.1) is 11.7 Å². The van der Waals surface area contributed by atoms with Gasteiger partial charge in [-0.2, -0.15) is 0 Å². The van der Waals surface area contributed by atoms with Crippen molar-refractivity contribution in [3.05, 3.63) is 35.9 Å². The van der Waals surface area contributed by atoms with E-state index in [2.05, 4.69) is 6.92 Å². The summed E-state index contributed by atoms with van der Waals surface area (Å²) in [7, 11) is 0. The van der Waals surface area contributed by atoms with E-state index in [0.717, 1.165) is 57.2 Å². The SMILES string of the molecule is CC1CC2CC(CC(C)(C(N)=O)C2)C1O.O=C(N1CCCCC1)N1CCC(O)(c2ccccc2)CC1. The van der Waals surface area contributed by atoms with E-state index < -0.39 is 5.60 Å². The molecule has 4 fully saturated rings. The quantitative estimate of drug-likeness (QED) is 0.574. The number of rotatable bonds is 2. The second-order valence-electron chi connectivity index (χ2n) is 12.1. The van der Waals surface area contributed by atoms with Gasteiger partial charge in [-0.1, -0.05) is 44.2 Å². The van der Waals surface area contributed by atoms with E-state index in [0.29, 0.717) is 37.8 Å². The van der Waals surface area contributed by atoms with Gasteiger partial charge in [0.25, 0.3) is 0 Å². The molecule has 2 bridgehead atoms. The number of carbonyl (C=O) groups is 2. The van der Waals surface area contributed by atoms with E-state index in [9.17, 15) is 19.8 Å². The highest BCUT2D eigenvalue weighted by Gasteiger charge is 2.47. The number of nitrogens with two attached hydrogens (primary N) is 1. The smallest absolute Gasteiger partial charge is 0.320 e. The van der Waals surface area contributed by atoms with Crippen LogP contribution in [0.4, 0.5) is 4.79 Å². The number of benzene rings is 1. The number of aliphatic hydroxyl groups is 2. The van der Waals surface area contributed by atoms with Gasteiger partial charge in [-0.25, -0.2) is 4.79 Å². The van der Waals surface area contributed by atoms with E-state index in [1.54, 1.807) is 0 Å². The molecule has 1 aromatic rings. The maximum atomic E-state index is 12.5. The molecular formula is C29H45N3O4. The second kappa shape index (κ2) is 11.1. The summed E-state index contributed by atoms with van der Waals surface area (Å²) in [5, 5.41) is 20.9. The van der Waals surface area contributed by atoms with Crippen molar-refractivity contribution in [1.82, 2.24) is 9.80 Å². The Hall–Kier alpha value is -2.12. The zero-order valence-electron chi connectivity index (χ0n) is 22.1. The minimum atomic E-state index is -0.778. The minimum Gasteiger partial charge on any atom is -0.393 e. The summed E-state index contributed by atoms with van der Waals surface area (Å²) in [6.45, 7) is 7.12. The average Bonchev–Trinajstić information content (AvgIpc) is 2.88. The number of piperidine rings is 2. The Morgan fingerprint density at radius 1 is 0.944 bits per heavy atom. The first kappa shape index (κ1) is 26.9. The lowest BCUT2D eigenvalue weighted by molar-refractivity contribution is -0.135. The van der Waals surface area contributed by atoms with Crippen molar-refractivity contribution in [1.29, 1.82) is 0 Å². The van der Waals surface area contributed by atoms with Crippen LogP contribution in [0.15, 0.2) is 30.3 Å². The highest BCUT2D eigenvalue weighted by atomic mass is 16.3. The molecule has 0 spiro atoms. The van der Waals surface area contributed by atoms with Crippen molar-refractivity contribution in [2.45, 2.75) is 83.3 Å². The average molecular weight is 500 g/mol. The molecule has 1 aromatic carbocycles. The molecule has 0 aromatic heterocycles. The number of likely N-dealkylation sites (tertiary alicyclic amines) is 2. The summed E-state index contributed by atoms with van der Waals surface area (Å²) in [4.78, 5) is 27.8. The number of aliphatic hydroxyl groups excluding tert-OH is 1. The summed E-state index contributed by atoms with van der Waals surface area (Å²) in [5.74, 6) is 1.05. The highest BCUT2D eigenvalue weighted by molar-refractivity contribution is 5.80. The molecule has 2 aliphatic heterocycles. The molecule has 2 saturated carbocycles. The third kappa shape index (κ3) is 5.88. The van der Waals surface area contributed by atoms with Crippen LogP contribution in [0.5, 0.6) is 0 Å². The normalized spacial score (nSPS) is 33.8. The standard InChI is InChI=1S/C17H24N2O2.C12H21NO2/c20-16(18-11-5-2-6-12-18)19-13-9-17(21,10-14-19)15-7-3-1-4-8-15;1-7-3-8-4-9(10(7)14)6-12(2,5-8)11(13)15/h1,3-4,7-8,21H,2,5-6,9-14H2;7-10,14H,3-6H2,1-2H3,(H2,13,15). The van der Waals surface area contributed by atoms with Crippen LogP contribution in [0.25, 0.3) is 0 Å². The predicted molar refractivity (Wildman–Crippen MR) is 140 cm³/mol. The fourth-order valence-electron chi connectivity index (χ4n) is 7.05. The molecule has 0 radical (unpaired) electrons. The van der Waals surface area contributed by atoms with Crippen molar-refractivity contribution < 1.29 is 19.8 Å². The second-order valence-corrected chi connectivity index (χ2v) is 12.1. The minimum absolute atomic E-state index is 0.157. The fraction of sp³-hybridized carbons (Fsp3) is 0.724. The molecule has 5 unspecified atom stereocenters. The molecule has 7 heteroatoms. The third-order valence-corrected chi connectivity index (χ3v) is 9.25. The molecule has 5 rings (SSSR count). The van der Waals surface area contributed by atoms with Crippen molar-refractivity contribution in [2.24, 2.45) is 28.9 Å². The molecule has 2 aliphatic carbocycles. The van der Waals surface area contributed by atoms with E-state index in [1.807, 2.05) is 47.1 Å². The number of amides is 3. The highest BCUT2D eigenvalue weighted by Crippen LogP contribution is 2.50. The van der Waals surface area contributed by atoms with Gasteiger partial charge in [0.1, 0.15) is 0 Å². The Morgan fingerprint density at radius 2 is 1.56 bits per heavy atom. The van der Waals surface area contributed by atoms with Gasteiger partial charge in [-0.15, -0.1) is 0 Å². The number of nitrogens with zero attached hydrogens (tertiary/aromatic N) is 2. The van der Waals surface area contributed by atoms with Gasteiger partial charge >= 0.3 is 6.03 Å². The van der Waals surface area contributed by atoms with E-state index >= 15 is 0 Å². The van der Waals surface area contributed by atoms with Crippen molar-refractivity contribution in [3.63, 3.8) is 0 Å². The van der Waals surface area contributed by atoms with Crippen LogP contribution < -0.4 is 5.73 Å². The zero-order chi connectivity index (χ0) is 25.9. The number of hydrogen-bond donors (Lipinski definition) is 3. The predicted octanol–water partition coefficient (Wildman–Crippen LogP) is 3.87. The topological polar surface area (TPSA) is 107 Å². The van der Waals surface area contributed by atoms with Crippen molar-refractivity contribution in [3.8, 4) is 0 Å². The number of fused-ring (bicyclic) bond motifs is 2. The summed E-state index contributed by atoms with van der Waals surface area (Å²) >= 11 is 0. The Balaban J connectivity index is 0.000000179. The lowest BCUT2D eigenvalue weighted by atomic mass is 9.58. The molecule has 5 atom stereocenters. The van der Waals surface area contributed by atoms with E-state index in [4.69, 9.17) is 5.73 Å². The van der Waals surface area contributed by atoms with Gasteiger partial charge in [0, 0.05) is 31.6 Å². The number of primary amides is 1. The van der Waals surface area contributed by atoms with Gasteiger partial charge < -0.3 is 25.7 Å². The van der Waals surface area contributed by atoms with Gasteiger partial charge in [0.15, 0.2) is 0 Å². The van der Waals surface area contributed by atoms with Crippen LogP contribution in [0.2, 0.25) is 0 Å². The Morgan fingerprint density at radius 3 is 2.17 bits per heavy atom. The Bertz CT molecular complexity index is 893. The number of hydrogen-bond acceptors (Lipinski definition) is 4. The molecule has 2 saturated heterocycles. The first-order valence-electron chi connectivity index (χ1n) is 13.9. The first-order chi connectivity index (χ1) is 17.1. The van der Waals surface area contributed by atoms with Crippen LogP contribution in [-0.2, 0) is 10.4 Å². The van der Waals surface area contributed by atoms with Crippen molar-refractivity contribution >= 4 is 11.9 Å². The lowest BCUT2D eigenvalue weighted by Gasteiger charge is -2.48. The van der Waals surface area contributed by atoms with Gasteiger partial charge in [-0.3, -0.25) is 4.79 Å². The maximum absolute atomic E-state index is 12.5. The zero-order valence-corrected chi connectivity index (χ0v) is 22.1. The molecule has 200 valence electrons. The first-order valence-corrected chi connectivity index (χ1v) is 13.9. The lowest BCUT2D eigenvalue weighted by Crippen LogP contribution is -2.51. The van der Waals surface area contributed by atoms with Crippen LogP contribution in [0.1, 0.15) is 77.2 Å². The van der Waals surface area contributed by atoms with Gasteiger partial charge in [-0.05, 0) is 81.1 Å². The molecule has 36 heavy (non-hydrogen) atoms. The monoisotopic (exact) mass is 499 g/mol. The van der Waals surface area contributed by atoms with E-state index in [-0.39, 0.29) is 29.4 Å². The molecule has 4 N–H and O–H groups in total. The summed E-state index contributed by atoms with van der Waals surface area (Å²) < 4.78 is 0. The largest absolute Gasteiger partial charge is 0.393 e. The summed E-state index contributed by atoms with van der Waals surface area (Å²) in [6, 6.07) is 9.98. The van der Waals surface area contributed by atoms with Crippen molar-refractivity contribution in [2.75, 3.05) is 26.2 Å². The van der Waals surface area contributed by atoms with Crippen LogP contribution in [0, 0.1) is 23.2 Å². The third-order valence-electron chi connectivity index (χ3n) is 9.25. The van der Waals surface area contributed by atoms with Crippen LogP contribution >= 0.6 is 0 Å².